The fourth-order valence-electron chi connectivity index (χ4n) is 2.33. The molecule has 1 aromatic carbocycles. The van der Waals surface area contributed by atoms with Crippen molar-refractivity contribution in [2.45, 2.75) is 31.4 Å². The van der Waals surface area contributed by atoms with Crippen molar-refractivity contribution in [3.8, 4) is 11.5 Å². The standard InChI is InChI=1S/C14H17N3O2.ClH/c1-18-9-10-5-2-3-6-11(10)12-16-13(17-19-12)14(15)7-4-8-14;/h2-3,5-6H,4,7-9,15H2,1H3;1H. The van der Waals surface area contributed by atoms with Crippen LogP contribution < -0.4 is 5.73 Å². The molecule has 108 valence electrons. The maximum Gasteiger partial charge on any atom is 0.258 e. The predicted molar refractivity (Wildman–Crippen MR) is 77.4 cm³/mol. The molecule has 0 radical (unpaired) electrons. The van der Waals surface area contributed by atoms with Crippen LogP contribution in [0.3, 0.4) is 0 Å². The van der Waals surface area contributed by atoms with Crippen molar-refractivity contribution < 1.29 is 9.26 Å². The van der Waals surface area contributed by atoms with Gasteiger partial charge in [0.2, 0.25) is 0 Å². The van der Waals surface area contributed by atoms with E-state index < -0.39 is 5.54 Å². The Bertz CT molecular complexity index is 581. The number of rotatable bonds is 4. The van der Waals surface area contributed by atoms with E-state index in [1.54, 1.807) is 7.11 Å². The van der Waals surface area contributed by atoms with E-state index in [2.05, 4.69) is 10.1 Å². The molecule has 0 unspecified atom stereocenters. The fourth-order valence-corrected chi connectivity index (χ4v) is 2.33. The Morgan fingerprint density at radius 3 is 2.75 bits per heavy atom. The maximum atomic E-state index is 6.20. The van der Waals surface area contributed by atoms with Crippen LogP contribution in [0.2, 0.25) is 0 Å². The van der Waals surface area contributed by atoms with Gasteiger partial charge in [-0.05, 0) is 30.9 Å². The molecule has 0 spiro atoms. The van der Waals surface area contributed by atoms with Gasteiger partial charge in [0.25, 0.3) is 5.89 Å². The molecule has 0 bridgehead atoms. The van der Waals surface area contributed by atoms with Crippen molar-refractivity contribution >= 4 is 12.4 Å². The first-order valence-electron chi connectivity index (χ1n) is 6.43. The summed E-state index contributed by atoms with van der Waals surface area (Å²) in [4.78, 5) is 4.46. The highest BCUT2D eigenvalue weighted by Gasteiger charge is 2.39. The Morgan fingerprint density at radius 1 is 1.35 bits per heavy atom. The maximum absolute atomic E-state index is 6.20. The van der Waals surface area contributed by atoms with E-state index >= 15 is 0 Å². The average Bonchev–Trinajstić information content (AvgIpc) is 2.87. The zero-order valence-corrected chi connectivity index (χ0v) is 12.2. The van der Waals surface area contributed by atoms with Gasteiger partial charge < -0.3 is 15.0 Å². The van der Waals surface area contributed by atoms with Gasteiger partial charge in [0, 0.05) is 12.7 Å². The second-order valence-electron chi connectivity index (χ2n) is 5.02. The summed E-state index contributed by atoms with van der Waals surface area (Å²) in [6.45, 7) is 0.516. The van der Waals surface area contributed by atoms with Crippen LogP contribution in [0.5, 0.6) is 0 Å². The molecule has 0 saturated heterocycles. The van der Waals surface area contributed by atoms with Crippen LogP contribution in [0.1, 0.15) is 30.7 Å². The first kappa shape index (κ1) is 15.0. The minimum atomic E-state index is -0.391. The highest BCUT2D eigenvalue weighted by atomic mass is 35.5. The highest BCUT2D eigenvalue weighted by Crippen LogP contribution is 2.37. The molecule has 0 atom stereocenters. The van der Waals surface area contributed by atoms with Crippen LogP contribution in [0.25, 0.3) is 11.5 Å². The molecule has 1 aliphatic carbocycles. The summed E-state index contributed by atoms with van der Waals surface area (Å²) in [5.41, 5.74) is 7.75. The minimum absolute atomic E-state index is 0. The number of aromatic nitrogens is 2. The van der Waals surface area contributed by atoms with Crippen molar-refractivity contribution in [3.05, 3.63) is 35.7 Å². The average molecular weight is 296 g/mol. The number of halogens is 1. The number of methoxy groups -OCH3 is 1. The monoisotopic (exact) mass is 295 g/mol. The molecule has 1 aliphatic rings. The van der Waals surface area contributed by atoms with Gasteiger partial charge in [-0.2, -0.15) is 4.98 Å². The normalized spacial score (nSPS) is 16.3. The smallest absolute Gasteiger partial charge is 0.258 e. The van der Waals surface area contributed by atoms with E-state index in [1.165, 1.54) is 0 Å². The first-order valence-corrected chi connectivity index (χ1v) is 6.43. The van der Waals surface area contributed by atoms with Crippen molar-refractivity contribution in [2.24, 2.45) is 5.73 Å². The molecule has 2 aromatic rings. The molecule has 0 amide bonds. The highest BCUT2D eigenvalue weighted by molar-refractivity contribution is 5.85. The number of hydrogen-bond donors (Lipinski definition) is 1. The SMILES string of the molecule is COCc1ccccc1-c1nc(C2(N)CCC2)no1.Cl. The van der Waals surface area contributed by atoms with Crippen molar-refractivity contribution in [1.29, 1.82) is 0 Å². The summed E-state index contributed by atoms with van der Waals surface area (Å²) >= 11 is 0. The van der Waals surface area contributed by atoms with Crippen molar-refractivity contribution in [2.75, 3.05) is 7.11 Å². The Balaban J connectivity index is 0.00000147. The van der Waals surface area contributed by atoms with Crippen molar-refractivity contribution in [3.63, 3.8) is 0 Å². The predicted octanol–water partition coefficient (Wildman–Crippen LogP) is 2.64. The second-order valence-corrected chi connectivity index (χ2v) is 5.02. The van der Waals surface area contributed by atoms with E-state index in [9.17, 15) is 0 Å². The largest absolute Gasteiger partial charge is 0.380 e. The lowest BCUT2D eigenvalue weighted by Crippen LogP contribution is -2.44. The fraction of sp³-hybridized carbons (Fsp3) is 0.429. The minimum Gasteiger partial charge on any atom is -0.380 e. The van der Waals surface area contributed by atoms with Crippen LogP contribution in [0.15, 0.2) is 28.8 Å². The summed E-state index contributed by atoms with van der Waals surface area (Å²) in [6.07, 6.45) is 2.97. The molecule has 20 heavy (non-hydrogen) atoms. The van der Waals surface area contributed by atoms with Gasteiger partial charge in [-0.1, -0.05) is 23.4 Å². The molecule has 3 rings (SSSR count). The number of benzene rings is 1. The quantitative estimate of drug-likeness (QED) is 0.938. The summed E-state index contributed by atoms with van der Waals surface area (Å²) in [5.74, 6) is 1.13. The van der Waals surface area contributed by atoms with Crippen LogP contribution in [0, 0.1) is 0 Å². The van der Waals surface area contributed by atoms with E-state index in [0.717, 1.165) is 30.4 Å². The molecule has 1 heterocycles. The zero-order chi connectivity index (χ0) is 13.3. The molecular formula is C14H18ClN3O2. The van der Waals surface area contributed by atoms with Gasteiger partial charge in [-0.25, -0.2) is 0 Å². The summed E-state index contributed by atoms with van der Waals surface area (Å²) in [6, 6.07) is 7.85. The van der Waals surface area contributed by atoms with Crippen LogP contribution in [-0.2, 0) is 16.9 Å². The molecule has 5 nitrogen and oxygen atoms in total. The molecule has 1 saturated carbocycles. The summed E-state index contributed by atoms with van der Waals surface area (Å²) < 4.78 is 10.5. The van der Waals surface area contributed by atoms with Gasteiger partial charge in [0.05, 0.1) is 12.1 Å². The van der Waals surface area contributed by atoms with Crippen molar-refractivity contribution in [1.82, 2.24) is 10.1 Å². The number of hydrogen-bond acceptors (Lipinski definition) is 5. The Hall–Kier alpha value is -1.43. The third kappa shape index (κ3) is 2.57. The number of ether oxygens (including phenoxy) is 1. The van der Waals surface area contributed by atoms with Gasteiger partial charge >= 0.3 is 0 Å². The first-order chi connectivity index (χ1) is 9.23. The van der Waals surface area contributed by atoms with Crippen LogP contribution in [-0.4, -0.2) is 17.3 Å². The topological polar surface area (TPSA) is 74.2 Å². The van der Waals surface area contributed by atoms with Gasteiger partial charge in [-0.15, -0.1) is 12.4 Å². The molecular weight excluding hydrogens is 278 g/mol. The van der Waals surface area contributed by atoms with E-state index in [0.29, 0.717) is 18.3 Å². The lowest BCUT2D eigenvalue weighted by molar-refractivity contribution is 0.185. The third-order valence-electron chi connectivity index (χ3n) is 3.66. The van der Waals surface area contributed by atoms with E-state index in [4.69, 9.17) is 15.0 Å². The third-order valence-corrected chi connectivity index (χ3v) is 3.66. The Kier molecular flexibility index (Phi) is 4.42. The second kappa shape index (κ2) is 5.91. The molecule has 1 fully saturated rings. The van der Waals surface area contributed by atoms with Crippen LogP contribution in [0.4, 0.5) is 0 Å². The summed E-state index contributed by atoms with van der Waals surface area (Å²) in [7, 11) is 1.67. The van der Waals surface area contributed by atoms with Crippen LogP contribution >= 0.6 is 12.4 Å². The molecule has 1 aromatic heterocycles. The van der Waals surface area contributed by atoms with E-state index in [1.807, 2.05) is 24.3 Å². The molecule has 6 heteroatoms. The Labute approximate surface area is 123 Å². The lowest BCUT2D eigenvalue weighted by Gasteiger charge is -2.34. The lowest BCUT2D eigenvalue weighted by atomic mass is 9.77. The van der Waals surface area contributed by atoms with Gasteiger partial charge in [-0.3, -0.25) is 0 Å². The Morgan fingerprint density at radius 2 is 2.10 bits per heavy atom. The van der Waals surface area contributed by atoms with Gasteiger partial charge in [0.1, 0.15) is 0 Å². The van der Waals surface area contributed by atoms with Gasteiger partial charge in [0.15, 0.2) is 5.82 Å². The molecule has 0 aliphatic heterocycles. The molecule has 2 N–H and O–H groups in total. The van der Waals surface area contributed by atoms with E-state index in [-0.39, 0.29) is 12.4 Å². The number of nitrogens with two attached hydrogens (primary N) is 1. The summed E-state index contributed by atoms with van der Waals surface area (Å²) in [5, 5.41) is 4.04. The number of nitrogens with zero attached hydrogens (tertiary/aromatic N) is 2. The zero-order valence-electron chi connectivity index (χ0n) is 11.3.